The zero-order valence-corrected chi connectivity index (χ0v) is 15.1. The van der Waals surface area contributed by atoms with Crippen molar-refractivity contribution < 1.29 is 19.3 Å². The number of piperidine rings is 1. The Labute approximate surface area is 151 Å². The third-order valence-electron chi connectivity index (χ3n) is 5.07. The first kappa shape index (κ1) is 17.9. The first-order chi connectivity index (χ1) is 12.0. The minimum Gasteiger partial charge on any atom is -0.369 e. The number of piperazine rings is 1. The van der Waals surface area contributed by atoms with Gasteiger partial charge in [-0.25, -0.2) is 0 Å². The molecule has 1 unspecified atom stereocenters. The maximum atomic E-state index is 12.5. The maximum absolute atomic E-state index is 12.5. The summed E-state index contributed by atoms with van der Waals surface area (Å²) < 4.78 is 0. The van der Waals surface area contributed by atoms with Gasteiger partial charge in [0.25, 0.3) is 11.8 Å². The van der Waals surface area contributed by atoms with Crippen molar-refractivity contribution in [3.8, 4) is 0 Å². The van der Waals surface area contributed by atoms with Gasteiger partial charge in [0.2, 0.25) is 5.91 Å². The number of hydrogen-bond acceptors (Lipinski definition) is 4. The minimum atomic E-state index is -0.259. The summed E-state index contributed by atoms with van der Waals surface area (Å²) in [6, 6.07) is 3.71. The summed E-state index contributed by atoms with van der Waals surface area (Å²) in [5, 5.41) is 1.90. The number of carbonyl (C=O) groups excluding carboxylic acids is 3. The molecular formula is C17H25N4O3S+. The van der Waals surface area contributed by atoms with Gasteiger partial charge in [0.15, 0.2) is 6.54 Å². The summed E-state index contributed by atoms with van der Waals surface area (Å²) in [6.07, 6.45) is 1.76. The highest BCUT2D eigenvalue weighted by Gasteiger charge is 2.31. The lowest BCUT2D eigenvalue weighted by Crippen LogP contribution is -3.15. The van der Waals surface area contributed by atoms with Crippen LogP contribution < -0.4 is 10.6 Å². The molecule has 0 bridgehead atoms. The van der Waals surface area contributed by atoms with Crippen LogP contribution in [0.15, 0.2) is 17.5 Å². The molecule has 3 rings (SSSR count). The van der Waals surface area contributed by atoms with Crippen LogP contribution in [0.3, 0.4) is 0 Å². The number of hydrogen-bond donors (Lipinski definition) is 2. The van der Waals surface area contributed by atoms with E-state index in [0.717, 1.165) is 29.2 Å². The van der Waals surface area contributed by atoms with E-state index in [1.165, 1.54) is 11.3 Å². The van der Waals surface area contributed by atoms with Crippen molar-refractivity contribution in [3.63, 3.8) is 0 Å². The van der Waals surface area contributed by atoms with Gasteiger partial charge in [0.05, 0.1) is 23.9 Å². The molecule has 2 aliphatic rings. The Morgan fingerprint density at radius 3 is 2.56 bits per heavy atom. The molecule has 25 heavy (non-hydrogen) atoms. The Kier molecular flexibility index (Phi) is 5.70. The van der Waals surface area contributed by atoms with Crippen molar-refractivity contribution in [2.45, 2.75) is 12.8 Å². The molecule has 2 saturated heterocycles. The normalized spacial score (nSPS) is 24.2. The topological polar surface area (TPSA) is 88.1 Å². The fourth-order valence-electron chi connectivity index (χ4n) is 3.60. The fourth-order valence-corrected chi connectivity index (χ4v) is 4.29. The molecule has 8 heteroatoms. The molecule has 7 nitrogen and oxygen atoms in total. The van der Waals surface area contributed by atoms with E-state index >= 15 is 0 Å². The first-order valence-electron chi connectivity index (χ1n) is 8.78. The van der Waals surface area contributed by atoms with Gasteiger partial charge in [0, 0.05) is 26.2 Å². The van der Waals surface area contributed by atoms with Crippen molar-refractivity contribution in [2.24, 2.45) is 11.7 Å². The summed E-state index contributed by atoms with van der Waals surface area (Å²) in [5.41, 5.74) is 5.40. The average Bonchev–Trinajstić information content (AvgIpc) is 3.16. The maximum Gasteiger partial charge on any atom is 0.277 e. The van der Waals surface area contributed by atoms with Crippen LogP contribution in [0.4, 0.5) is 0 Å². The molecule has 3 N–H and O–H groups in total. The van der Waals surface area contributed by atoms with Gasteiger partial charge in [-0.3, -0.25) is 14.4 Å². The Bertz CT molecular complexity index is 626. The highest BCUT2D eigenvalue weighted by Crippen LogP contribution is 2.14. The quantitative estimate of drug-likeness (QED) is 0.704. The molecule has 3 heterocycles. The number of carbonyl (C=O) groups is 3. The first-order valence-corrected chi connectivity index (χ1v) is 9.66. The van der Waals surface area contributed by atoms with Gasteiger partial charge in [-0.05, 0) is 24.3 Å². The molecule has 136 valence electrons. The van der Waals surface area contributed by atoms with Crippen molar-refractivity contribution in [1.82, 2.24) is 9.80 Å². The van der Waals surface area contributed by atoms with Gasteiger partial charge in [-0.15, -0.1) is 11.3 Å². The van der Waals surface area contributed by atoms with Crippen molar-refractivity contribution in [1.29, 1.82) is 0 Å². The second-order valence-corrected chi connectivity index (χ2v) is 7.72. The van der Waals surface area contributed by atoms with Gasteiger partial charge in [-0.1, -0.05) is 6.07 Å². The molecule has 2 aliphatic heterocycles. The molecule has 2 fully saturated rings. The number of nitrogens with one attached hydrogen (secondary N) is 1. The Morgan fingerprint density at radius 2 is 1.92 bits per heavy atom. The Balaban J connectivity index is 1.47. The molecule has 0 saturated carbocycles. The molecule has 2 atom stereocenters. The monoisotopic (exact) mass is 365 g/mol. The van der Waals surface area contributed by atoms with Crippen molar-refractivity contribution in [2.75, 3.05) is 45.8 Å². The van der Waals surface area contributed by atoms with Gasteiger partial charge < -0.3 is 20.4 Å². The predicted molar refractivity (Wildman–Crippen MR) is 94.3 cm³/mol. The summed E-state index contributed by atoms with van der Waals surface area (Å²) in [4.78, 5) is 41.8. The van der Waals surface area contributed by atoms with Gasteiger partial charge in [-0.2, -0.15) is 0 Å². The van der Waals surface area contributed by atoms with Gasteiger partial charge in [0.1, 0.15) is 0 Å². The number of likely N-dealkylation sites (tertiary alicyclic amines) is 1. The molecule has 1 aromatic rings. The molecule has 3 amide bonds. The summed E-state index contributed by atoms with van der Waals surface area (Å²) in [7, 11) is 0. The number of quaternary nitrogens is 1. The van der Waals surface area contributed by atoms with Crippen LogP contribution in [0, 0.1) is 5.92 Å². The van der Waals surface area contributed by atoms with Crippen LogP contribution in [0.25, 0.3) is 0 Å². The lowest BCUT2D eigenvalue weighted by molar-refractivity contribution is -0.899. The number of primary amides is 1. The SMILES string of the molecule is NC(=O)[C@@H]1CCC[NH+](CC(=O)N2CCN(C(=O)c3cccs3)CC2)C1. The van der Waals surface area contributed by atoms with E-state index in [4.69, 9.17) is 5.73 Å². The van der Waals surface area contributed by atoms with Crippen molar-refractivity contribution in [3.05, 3.63) is 22.4 Å². The Morgan fingerprint density at radius 1 is 1.20 bits per heavy atom. The minimum absolute atomic E-state index is 0.0491. The smallest absolute Gasteiger partial charge is 0.277 e. The highest BCUT2D eigenvalue weighted by atomic mass is 32.1. The number of thiophene rings is 1. The van der Waals surface area contributed by atoms with Crippen LogP contribution >= 0.6 is 11.3 Å². The zero-order valence-electron chi connectivity index (χ0n) is 14.3. The average molecular weight is 365 g/mol. The molecular weight excluding hydrogens is 340 g/mol. The third-order valence-corrected chi connectivity index (χ3v) is 5.93. The number of nitrogens with zero attached hydrogens (tertiary/aromatic N) is 2. The molecule has 1 aromatic heterocycles. The number of nitrogens with two attached hydrogens (primary N) is 1. The fraction of sp³-hybridized carbons (Fsp3) is 0.588. The van der Waals surface area contributed by atoms with Crippen LogP contribution in [-0.2, 0) is 9.59 Å². The highest BCUT2D eigenvalue weighted by molar-refractivity contribution is 7.12. The predicted octanol–water partition coefficient (Wildman–Crippen LogP) is -1.19. The molecule has 0 spiro atoms. The van der Waals surface area contributed by atoms with Crippen LogP contribution in [0.5, 0.6) is 0 Å². The van der Waals surface area contributed by atoms with E-state index in [0.29, 0.717) is 39.3 Å². The van der Waals surface area contributed by atoms with Crippen LogP contribution in [0.1, 0.15) is 22.5 Å². The van der Waals surface area contributed by atoms with Crippen LogP contribution in [0.2, 0.25) is 0 Å². The summed E-state index contributed by atoms with van der Waals surface area (Å²) >= 11 is 1.44. The second-order valence-electron chi connectivity index (χ2n) is 6.77. The zero-order chi connectivity index (χ0) is 17.8. The third kappa shape index (κ3) is 4.38. The lowest BCUT2D eigenvalue weighted by atomic mass is 9.97. The molecule has 0 aromatic carbocycles. The van der Waals surface area contributed by atoms with E-state index in [9.17, 15) is 14.4 Å². The second kappa shape index (κ2) is 7.97. The number of rotatable bonds is 4. The number of amides is 3. The van der Waals surface area contributed by atoms with Gasteiger partial charge >= 0.3 is 0 Å². The van der Waals surface area contributed by atoms with E-state index < -0.39 is 0 Å². The molecule has 0 radical (unpaired) electrons. The standard InChI is InChI=1S/C17H24N4O3S/c18-16(23)13-3-1-5-19(11-13)12-15(22)20-6-8-21(9-7-20)17(24)14-4-2-10-25-14/h2,4,10,13H,1,3,5-9,11-12H2,(H2,18,23)/p+1/t13-/m1/s1. The summed E-state index contributed by atoms with van der Waals surface area (Å²) in [5.74, 6) is -0.224. The van der Waals surface area contributed by atoms with E-state index in [2.05, 4.69) is 0 Å². The summed E-state index contributed by atoms with van der Waals surface area (Å²) in [6.45, 7) is 4.25. The largest absolute Gasteiger partial charge is 0.369 e. The molecule has 0 aliphatic carbocycles. The van der Waals surface area contributed by atoms with E-state index in [1.807, 2.05) is 27.3 Å². The lowest BCUT2D eigenvalue weighted by Gasteiger charge is -2.35. The van der Waals surface area contributed by atoms with E-state index in [1.54, 1.807) is 0 Å². The van der Waals surface area contributed by atoms with Crippen LogP contribution in [-0.4, -0.2) is 73.3 Å². The van der Waals surface area contributed by atoms with E-state index in [-0.39, 0.29) is 23.6 Å². The Hall–Kier alpha value is -1.93. The van der Waals surface area contributed by atoms with Crippen molar-refractivity contribution >= 4 is 29.1 Å².